The van der Waals surface area contributed by atoms with Crippen LogP contribution in [0, 0.1) is 0 Å². The van der Waals surface area contributed by atoms with Crippen LogP contribution in [-0.4, -0.2) is 43.2 Å². The Morgan fingerprint density at radius 2 is 1.68 bits per heavy atom. The fraction of sp³-hybridized carbons (Fsp3) is 0.571. The van der Waals surface area contributed by atoms with Gasteiger partial charge >= 0.3 is 39.7 Å². The normalized spacial score (nSPS) is 12.5. The van der Waals surface area contributed by atoms with Gasteiger partial charge in [-0.25, -0.2) is 0 Å². The summed E-state index contributed by atoms with van der Waals surface area (Å²) < 4.78 is 29.5. The molecule has 0 aliphatic heterocycles. The van der Waals surface area contributed by atoms with E-state index in [1.165, 1.54) is 0 Å². The molecule has 0 fully saturated rings. The second-order valence-electron chi connectivity index (χ2n) is 4.44. The van der Waals surface area contributed by atoms with Crippen LogP contribution in [0.3, 0.4) is 0 Å². The summed E-state index contributed by atoms with van der Waals surface area (Å²) in [6.07, 6.45) is 4.11. The van der Waals surface area contributed by atoms with E-state index < -0.39 is 10.1 Å². The Balaban J connectivity index is 0.00000324. The van der Waals surface area contributed by atoms with Crippen LogP contribution in [0.4, 0.5) is 0 Å². The first-order valence-electron chi connectivity index (χ1n) is 6.58. The summed E-state index contributed by atoms with van der Waals surface area (Å²) in [6, 6.07) is 8.71. The number of benzene rings is 1. The van der Waals surface area contributed by atoms with Crippen molar-refractivity contribution in [3.05, 3.63) is 30.3 Å². The van der Waals surface area contributed by atoms with E-state index in [1.807, 2.05) is 13.0 Å². The van der Waals surface area contributed by atoms with Crippen molar-refractivity contribution in [2.24, 2.45) is 0 Å². The van der Waals surface area contributed by atoms with Crippen molar-refractivity contribution in [1.29, 1.82) is 0 Å². The SMILES string of the molecule is CCCCC(CCC)S(=O)(=O)Oc1ccccc1.[NaH]. The van der Waals surface area contributed by atoms with Crippen molar-refractivity contribution < 1.29 is 12.6 Å². The summed E-state index contributed by atoms with van der Waals surface area (Å²) in [7, 11) is -3.51. The topological polar surface area (TPSA) is 43.4 Å². The predicted octanol–water partition coefficient (Wildman–Crippen LogP) is 3.11. The van der Waals surface area contributed by atoms with Crippen LogP contribution in [0.15, 0.2) is 30.3 Å². The second-order valence-corrected chi connectivity index (χ2v) is 6.26. The first-order chi connectivity index (χ1) is 8.60. The van der Waals surface area contributed by atoms with Gasteiger partial charge in [0, 0.05) is 0 Å². The van der Waals surface area contributed by atoms with Crippen LogP contribution < -0.4 is 4.18 Å². The predicted molar refractivity (Wildman–Crippen MR) is 81.4 cm³/mol. The van der Waals surface area contributed by atoms with Gasteiger partial charge in [-0.05, 0) is 25.0 Å². The van der Waals surface area contributed by atoms with Gasteiger partial charge in [0.15, 0.2) is 0 Å². The molecule has 0 saturated heterocycles. The molecule has 0 heterocycles. The zero-order valence-electron chi connectivity index (χ0n) is 11.1. The molecule has 0 aliphatic rings. The van der Waals surface area contributed by atoms with E-state index in [-0.39, 0.29) is 34.8 Å². The van der Waals surface area contributed by atoms with Crippen LogP contribution in [0.2, 0.25) is 0 Å². The molecule has 0 saturated carbocycles. The van der Waals surface area contributed by atoms with E-state index in [4.69, 9.17) is 4.18 Å². The molecule has 1 aromatic carbocycles. The van der Waals surface area contributed by atoms with Crippen molar-refractivity contribution in [2.75, 3.05) is 0 Å². The first kappa shape index (κ1) is 19.0. The fourth-order valence-electron chi connectivity index (χ4n) is 1.86. The Bertz CT molecular complexity index is 431. The summed E-state index contributed by atoms with van der Waals surface area (Å²) in [6.45, 7) is 4.06. The van der Waals surface area contributed by atoms with E-state index in [9.17, 15) is 8.42 Å². The maximum atomic E-state index is 12.2. The Morgan fingerprint density at radius 3 is 2.21 bits per heavy atom. The van der Waals surface area contributed by atoms with E-state index in [0.29, 0.717) is 18.6 Å². The number of rotatable bonds is 8. The Labute approximate surface area is 139 Å². The number of hydrogen-bond donors (Lipinski definition) is 0. The molecule has 0 radical (unpaired) electrons. The molecule has 1 atom stereocenters. The van der Waals surface area contributed by atoms with Gasteiger partial charge in [-0.3, -0.25) is 0 Å². The monoisotopic (exact) mass is 294 g/mol. The second kappa shape index (κ2) is 9.81. The molecule has 1 rings (SSSR count). The van der Waals surface area contributed by atoms with Crippen molar-refractivity contribution in [1.82, 2.24) is 0 Å². The summed E-state index contributed by atoms with van der Waals surface area (Å²) in [5, 5.41) is -0.386. The third kappa shape index (κ3) is 6.80. The van der Waals surface area contributed by atoms with Crippen molar-refractivity contribution in [3.8, 4) is 5.75 Å². The minimum atomic E-state index is -3.51. The van der Waals surface area contributed by atoms with E-state index in [2.05, 4.69) is 6.92 Å². The van der Waals surface area contributed by atoms with Gasteiger partial charge in [-0.2, -0.15) is 8.42 Å². The van der Waals surface area contributed by atoms with Crippen LogP contribution in [0.5, 0.6) is 5.75 Å². The number of unbranched alkanes of at least 4 members (excludes halogenated alkanes) is 1. The van der Waals surface area contributed by atoms with Gasteiger partial charge in [0.25, 0.3) is 0 Å². The number of para-hydroxylation sites is 1. The Hall–Kier alpha value is -0.0300. The molecule has 19 heavy (non-hydrogen) atoms. The zero-order valence-corrected chi connectivity index (χ0v) is 11.9. The summed E-state index contributed by atoms with van der Waals surface area (Å²) in [5.74, 6) is 0.398. The molecular formula is C14H23NaO3S. The van der Waals surface area contributed by atoms with Gasteiger partial charge in [-0.1, -0.05) is 51.3 Å². The molecule has 0 amide bonds. The van der Waals surface area contributed by atoms with Crippen LogP contribution in [0.1, 0.15) is 46.0 Å². The molecular weight excluding hydrogens is 271 g/mol. The average molecular weight is 294 g/mol. The molecule has 1 aromatic rings. The quantitative estimate of drug-likeness (QED) is 0.546. The molecule has 0 N–H and O–H groups in total. The summed E-state index contributed by atoms with van der Waals surface area (Å²) in [4.78, 5) is 0. The molecule has 0 spiro atoms. The summed E-state index contributed by atoms with van der Waals surface area (Å²) >= 11 is 0. The Kier molecular flexibility index (Phi) is 9.79. The third-order valence-corrected chi connectivity index (χ3v) is 4.57. The fourth-order valence-corrected chi connectivity index (χ4v) is 3.36. The molecule has 0 aliphatic carbocycles. The van der Waals surface area contributed by atoms with Gasteiger partial charge in [0.1, 0.15) is 5.75 Å². The minimum absolute atomic E-state index is 0. The molecule has 1 unspecified atom stereocenters. The van der Waals surface area contributed by atoms with E-state index >= 15 is 0 Å². The Morgan fingerprint density at radius 1 is 1.05 bits per heavy atom. The van der Waals surface area contributed by atoms with Gasteiger partial charge < -0.3 is 4.18 Å². The van der Waals surface area contributed by atoms with Crippen molar-refractivity contribution in [3.63, 3.8) is 0 Å². The first-order valence-corrected chi connectivity index (χ1v) is 8.05. The van der Waals surface area contributed by atoms with Crippen molar-refractivity contribution >= 4 is 39.7 Å². The van der Waals surface area contributed by atoms with E-state index in [1.54, 1.807) is 24.3 Å². The zero-order chi connectivity index (χ0) is 13.4. The molecule has 0 aromatic heterocycles. The molecule has 5 heteroatoms. The molecule has 3 nitrogen and oxygen atoms in total. The van der Waals surface area contributed by atoms with Gasteiger partial charge in [0.05, 0.1) is 5.25 Å². The van der Waals surface area contributed by atoms with Gasteiger partial charge in [-0.15, -0.1) is 0 Å². The standard InChI is InChI=1S/C14H22O3S.Na.H/c1-3-5-12-14(9-4-2)18(15,16)17-13-10-7-6-8-11-13;;/h6-8,10-11,14H,3-5,9,12H2,1-2H3;;. The summed E-state index contributed by atoms with van der Waals surface area (Å²) in [5.41, 5.74) is 0. The maximum absolute atomic E-state index is 12.2. The van der Waals surface area contributed by atoms with E-state index in [0.717, 1.165) is 19.3 Å². The van der Waals surface area contributed by atoms with Gasteiger partial charge in [0.2, 0.25) is 0 Å². The van der Waals surface area contributed by atoms with Crippen LogP contribution in [-0.2, 0) is 10.1 Å². The molecule has 104 valence electrons. The third-order valence-electron chi connectivity index (χ3n) is 2.85. The average Bonchev–Trinajstić information content (AvgIpc) is 2.35. The molecule has 0 bridgehead atoms. The van der Waals surface area contributed by atoms with Crippen LogP contribution >= 0.6 is 0 Å². The number of hydrogen-bond acceptors (Lipinski definition) is 3. The van der Waals surface area contributed by atoms with Crippen molar-refractivity contribution in [2.45, 2.75) is 51.2 Å². The van der Waals surface area contributed by atoms with Crippen LogP contribution in [0.25, 0.3) is 0 Å².